The van der Waals surface area contributed by atoms with E-state index in [0.29, 0.717) is 24.7 Å². The van der Waals surface area contributed by atoms with Crippen molar-refractivity contribution >= 4 is 0 Å². The largest absolute Gasteiger partial charge is 0.493 e. The van der Waals surface area contributed by atoms with Crippen LogP contribution in [0.4, 0.5) is 4.39 Å². The Kier molecular flexibility index (Phi) is 4.37. The number of benzene rings is 1. The maximum absolute atomic E-state index is 12.6. The third-order valence-electron chi connectivity index (χ3n) is 3.44. The first-order chi connectivity index (χ1) is 8.25. The van der Waals surface area contributed by atoms with Gasteiger partial charge in [0.25, 0.3) is 0 Å². The Morgan fingerprint density at radius 1 is 1.24 bits per heavy atom. The van der Waals surface area contributed by atoms with Crippen LogP contribution in [0, 0.1) is 11.7 Å². The van der Waals surface area contributed by atoms with Crippen LogP contribution in [0.2, 0.25) is 0 Å². The van der Waals surface area contributed by atoms with Gasteiger partial charge in [-0.25, -0.2) is 4.39 Å². The van der Waals surface area contributed by atoms with E-state index in [1.54, 1.807) is 12.1 Å². The lowest BCUT2D eigenvalue weighted by Gasteiger charge is -2.17. The molecule has 1 atom stereocenters. The minimum Gasteiger partial charge on any atom is -0.493 e. The van der Waals surface area contributed by atoms with Crippen molar-refractivity contribution in [3.63, 3.8) is 0 Å². The molecule has 1 saturated carbocycles. The third kappa shape index (κ3) is 3.70. The lowest BCUT2D eigenvalue weighted by atomic mass is 9.99. The Labute approximate surface area is 101 Å². The number of aliphatic hydroxyl groups is 1. The number of halogens is 1. The lowest BCUT2D eigenvalue weighted by Crippen LogP contribution is -2.20. The summed E-state index contributed by atoms with van der Waals surface area (Å²) in [5.41, 5.74) is 0. The van der Waals surface area contributed by atoms with Crippen molar-refractivity contribution < 1.29 is 14.2 Å². The van der Waals surface area contributed by atoms with Crippen molar-refractivity contribution in [1.29, 1.82) is 0 Å². The molecule has 3 heteroatoms. The molecular formula is C14H19FO2. The Hall–Kier alpha value is -1.09. The van der Waals surface area contributed by atoms with E-state index < -0.39 is 0 Å². The molecule has 1 N–H and O–H groups in total. The van der Waals surface area contributed by atoms with Crippen LogP contribution in [-0.4, -0.2) is 17.8 Å². The summed E-state index contributed by atoms with van der Waals surface area (Å²) < 4.78 is 18.1. The normalized spacial score (nSPS) is 18.2. The first-order valence-corrected chi connectivity index (χ1v) is 6.32. The van der Waals surface area contributed by atoms with E-state index in [0.717, 1.165) is 12.8 Å². The standard InChI is InChI=1S/C14H19FO2/c15-12-5-7-13(8-6-12)17-10-9-14(16)11-3-1-2-4-11/h5-8,11,14,16H,1-4,9-10H2. The van der Waals surface area contributed by atoms with Crippen LogP contribution in [0.1, 0.15) is 32.1 Å². The molecule has 1 aliphatic rings. The van der Waals surface area contributed by atoms with Crippen molar-refractivity contribution in [3.8, 4) is 5.75 Å². The summed E-state index contributed by atoms with van der Waals surface area (Å²) in [6.45, 7) is 0.489. The summed E-state index contributed by atoms with van der Waals surface area (Å²) in [4.78, 5) is 0. The lowest BCUT2D eigenvalue weighted by molar-refractivity contribution is 0.0853. The van der Waals surface area contributed by atoms with Crippen molar-refractivity contribution in [2.75, 3.05) is 6.61 Å². The van der Waals surface area contributed by atoms with Crippen molar-refractivity contribution in [1.82, 2.24) is 0 Å². The molecule has 1 aromatic rings. The molecule has 1 unspecified atom stereocenters. The summed E-state index contributed by atoms with van der Waals surface area (Å²) in [6.07, 6.45) is 5.15. The third-order valence-corrected chi connectivity index (χ3v) is 3.44. The van der Waals surface area contributed by atoms with Crippen LogP contribution in [0.15, 0.2) is 24.3 Å². The highest BCUT2D eigenvalue weighted by atomic mass is 19.1. The summed E-state index contributed by atoms with van der Waals surface area (Å²) >= 11 is 0. The molecule has 2 rings (SSSR count). The molecule has 0 heterocycles. The average Bonchev–Trinajstić information content (AvgIpc) is 2.85. The maximum Gasteiger partial charge on any atom is 0.123 e. The van der Waals surface area contributed by atoms with E-state index in [2.05, 4.69) is 0 Å². The van der Waals surface area contributed by atoms with Gasteiger partial charge in [-0.05, 0) is 43.0 Å². The van der Waals surface area contributed by atoms with Gasteiger partial charge in [-0.15, -0.1) is 0 Å². The SMILES string of the molecule is OC(CCOc1ccc(F)cc1)C1CCCC1. The minimum atomic E-state index is -0.261. The Balaban J connectivity index is 1.70. The summed E-state index contributed by atoms with van der Waals surface area (Å²) in [5, 5.41) is 9.93. The molecule has 1 fully saturated rings. The fraction of sp³-hybridized carbons (Fsp3) is 0.571. The number of hydrogen-bond acceptors (Lipinski definition) is 2. The van der Waals surface area contributed by atoms with E-state index in [9.17, 15) is 9.50 Å². The topological polar surface area (TPSA) is 29.5 Å². The Morgan fingerprint density at radius 2 is 1.88 bits per heavy atom. The van der Waals surface area contributed by atoms with E-state index in [4.69, 9.17) is 4.74 Å². The smallest absolute Gasteiger partial charge is 0.123 e. The van der Waals surface area contributed by atoms with Crippen LogP contribution < -0.4 is 4.74 Å². The van der Waals surface area contributed by atoms with Crippen LogP contribution in [0.25, 0.3) is 0 Å². The molecule has 0 amide bonds. The van der Waals surface area contributed by atoms with E-state index in [1.165, 1.54) is 25.0 Å². The van der Waals surface area contributed by atoms with Gasteiger partial charge < -0.3 is 9.84 Å². The van der Waals surface area contributed by atoms with Crippen LogP contribution >= 0.6 is 0 Å². The van der Waals surface area contributed by atoms with Gasteiger partial charge in [0, 0.05) is 6.42 Å². The maximum atomic E-state index is 12.6. The monoisotopic (exact) mass is 238 g/mol. The summed E-state index contributed by atoms with van der Waals surface area (Å²) in [5.74, 6) is 0.847. The predicted molar refractivity (Wildman–Crippen MR) is 64.5 cm³/mol. The Morgan fingerprint density at radius 3 is 2.53 bits per heavy atom. The van der Waals surface area contributed by atoms with Crippen molar-refractivity contribution in [2.24, 2.45) is 5.92 Å². The van der Waals surface area contributed by atoms with Crippen LogP contribution in [0.3, 0.4) is 0 Å². The highest BCUT2D eigenvalue weighted by molar-refractivity contribution is 5.21. The second kappa shape index (κ2) is 6.01. The zero-order valence-corrected chi connectivity index (χ0v) is 9.94. The van der Waals surface area contributed by atoms with Gasteiger partial charge >= 0.3 is 0 Å². The fourth-order valence-corrected chi connectivity index (χ4v) is 2.41. The second-order valence-corrected chi connectivity index (χ2v) is 4.70. The fourth-order valence-electron chi connectivity index (χ4n) is 2.41. The molecule has 1 aromatic carbocycles. The first-order valence-electron chi connectivity index (χ1n) is 6.32. The van der Waals surface area contributed by atoms with Gasteiger partial charge in [0.15, 0.2) is 0 Å². The first kappa shape index (κ1) is 12.4. The van der Waals surface area contributed by atoms with Gasteiger partial charge in [0.05, 0.1) is 12.7 Å². The van der Waals surface area contributed by atoms with E-state index in [-0.39, 0.29) is 11.9 Å². The van der Waals surface area contributed by atoms with Gasteiger partial charge in [-0.1, -0.05) is 12.8 Å². The summed E-state index contributed by atoms with van der Waals surface area (Å²) in [6, 6.07) is 5.97. The second-order valence-electron chi connectivity index (χ2n) is 4.70. The molecule has 0 radical (unpaired) electrons. The molecule has 0 aromatic heterocycles. The molecule has 0 saturated heterocycles. The number of hydrogen-bond donors (Lipinski definition) is 1. The molecule has 0 bridgehead atoms. The van der Waals surface area contributed by atoms with Crippen molar-refractivity contribution in [2.45, 2.75) is 38.2 Å². The van der Waals surface area contributed by atoms with E-state index >= 15 is 0 Å². The van der Waals surface area contributed by atoms with Gasteiger partial charge in [-0.3, -0.25) is 0 Å². The molecule has 0 aliphatic heterocycles. The van der Waals surface area contributed by atoms with E-state index in [1.807, 2.05) is 0 Å². The molecule has 94 valence electrons. The molecule has 0 spiro atoms. The zero-order chi connectivity index (χ0) is 12.1. The van der Waals surface area contributed by atoms with Gasteiger partial charge in [-0.2, -0.15) is 0 Å². The quantitative estimate of drug-likeness (QED) is 0.854. The highest BCUT2D eigenvalue weighted by Gasteiger charge is 2.22. The summed E-state index contributed by atoms with van der Waals surface area (Å²) in [7, 11) is 0. The molecule has 2 nitrogen and oxygen atoms in total. The Bertz CT molecular complexity index is 331. The number of aliphatic hydroxyl groups excluding tert-OH is 1. The molecule has 1 aliphatic carbocycles. The van der Waals surface area contributed by atoms with Gasteiger partial charge in [0.1, 0.15) is 11.6 Å². The predicted octanol–water partition coefficient (Wildman–Crippen LogP) is 3.15. The number of ether oxygens (including phenoxy) is 1. The van der Waals surface area contributed by atoms with Crippen LogP contribution in [-0.2, 0) is 0 Å². The van der Waals surface area contributed by atoms with Gasteiger partial charge in [0.2, 0.25) is 0 Å². The highest BCUT2D eigenvalue weighted by Crippen LogP contribution is 2.28. The molecular weight excluding hydrogens is 219 g/mol. The molecule has 17 heavy (non-hydrogen) atoms. The number of rotatable bonds is 5. The average molecular weight is 238 g/mol. The zero-order valence-electron chi connectivity index (χ0n) is 9.94. The van der Waals surface area contributed by atoms with Crippen LogP contribution in [0.5, 0.6) is 5.75 Å². The van der Waals surface area contributed by atoms with Crippen molar-refractivity contribution in [3.05, 3.63) is 30.1 Å². The minimum absolute atomic E-state index is 0.252.